The Morgan fingerprint density at radius 1 is 0.385 bits per heavy atom. The lowest BCUT2D eigenvalue weighted by atomic mass is 9.53. The molecular weight excluding hydrogens is 328 g/mol. The Labute approximate surface area is 161 Å². The summed E-state index contributed by atoms with van der Waals surface area (Å²) in [7, 11) is 0. The molecule has 1 saturated carbocycles. The van der Waals surface area contributed by atoms with E-state index in [1.54, 1.807) is 0 Å². The van der Waals surface area contributed by atoms with E-state index in [0.717, 1.165) is 25.7 Å². The molecule has 0 radical (unpaired) electrons. The summed E-state index contributed by atoms with van der Waals surface area (Å²) in [5, 5.41) is 39.4. The second-order valence-corrected chi connectivity index (χ2v) is 8.49. The summed E-state index contributed by atoms with van der Waals surface area (Å²) in [6.07, 6.45) is 17.1. The smallest absolute Gasteiger partial charge is 0.0436 e. The van der Waals surface area contributed by atoms with Crippen LogP contribution in [0.1, 0.15) is 103 Å². The fraction of sp³-hybridized carbons (Fsp3) is 1.00. The fourth-order valence-corrected chi connectivity index (χ4v) is 5.54. The summed E-state index contributed by atoms with van der Waals surface area (Å²) in [5.74, 6) is 0. The van der Waals surface area contributed by atoms with Gasteiger partial charge < -0.3 is 20.4 Å². The van der Waals surface area contributed by atoms with Crippen molar-refractivity contribution >= 4 is 0 Å². The highest BCUT2D eigenvalue weighted by Crippen LogP contribution is 2.56. The van der Waals surface area contributed by atoms with E-state index >= 15 is 0 Å². The van der Waals surface area contributed by atoms with E-state index in [9.17, 15) is 20.4 Å². The van der Waals surface area contributed by atoms with Crippen LogP contribution < -0.4 is 0 Å². The summed E-state index contributed by atoms with van der Waals surface area (Å²) in [4.78, 5) is 0. The van der Waals surface area contributed by atoms with Gasteiger partial charge in [0.1, 0.15) is 0 Å². The van der Waals surface area contributed by atoms with Crippen LogP contribution in [0.15, 0.2) is 0 Å². The van der Waals surface area contributed by atoms with Crippen LogP contribution >= 0.6 is 0 Å². The molecule has 4 N–H and O–H groups in total. The topological polar surface area (TPSA) is 80.9 Å². The van der Waals surface area contributed by atoms with Crippen molar-refractivity contribution in [1.29, 1.82) is 0 Å². The third kappa shape index (κ3) is 7.10. The van der Waals surface area contributed by atoms with Gasteiger partial charge in [0.05, 0.1) is 0 Å². The molecule has 0 unspecified atom stereocenters. The Morgan fingerprint density at radius 3 is 0.846 bits per heavy atom. The molecule has 4 nitrogen and oxygen atoms in total. The average Bonchev–Trinajstić information content (AvgIpc) is 2.62. The Balaban J connectivity index is 3.11. The number of hydrogen-bond acceptors (Lipinski definition) is 4. The maximum absolute atomic E-state index is 9.84. The lowest BCUT2D eigenvalue weighted by Crippen LogP contribution is -2.45. The van der Waals surface area contributed by atoms with Gasteiger partial charge in [0.15, 0.2) is 0 Å². The highest BCUT2D eigenvalue weighted by Gasteiger charge is 2.48. The summed E-state index contributed by atoms with van der Waals surface area (Å²) in [6.45, 7) is 0.439. The molecule has 1 rings (SSSR count). The highest BCUT2D eigenvalue weighted by molar-refractivity contribution is 4.98. The van der Waals surface area contributed by atoms with Gasteiger partial charge in [0.25, 0.3) is 0 Å². The SMILES string of the molecule is OCCC1(CCO)CCCCCCCCCCCCC1(CCO)CCO. The van der Waals surface area contributed by atoms with Crippen molar-refractivity contribution < 1.29 is 20.4 Å². The molecule has 0 aliphatic heterocycles. The molecule has 1 aliphatic carbocycles. The maximum Gasteiger partial charge on any atom is 0.0436 e. The first kappa shape index (κ1) is 23.9. The Hall–Kier alpha value is -0.160. The van der Waals surface area contributed by atoms with Crippen LogP contribution in [-0.4, -0.2) is 46.9 Å². The first-order valence-electron chi connectivity index (χ1n) is 11.1. The van der Waals surface area contributed by atoms with Gasteiger partial charge in [-0.2, -0.15) is 0 Å². The zero-order chi connectivity index (χ0) is 19.1. The van der Waals surface area contributed by atoms with Crippen molar-refractivity contribution in [1.82, 2.24) is 0 Å². The molecule has 0 bridgehead atoms. The maximum atomic E-state index is 9.84. The summed E-state index contributed by atoms with van der Waals surface area (Å²) < 4.78 is 0. The van der Waals surface area contributed by atoms with Crippen LogP contribution in [0.4, 0.5) is 0 Å². The van der Waals surface area contributed by atoms with Crippen molar-refractivity contribution in [2.45, 2.75) is 103 Å². The largest absolute Gasteiger partial charge is 0.396 e. The Kier molecular flexibility index (Phi) is 12.8. The average molecular weight is 373 g/mol. The minimum atomic E-state index is -0.188. The second-order valence-electron chi connectivity index (χ2n) is 8.49. The minimum absolute atomic E-state index is 0.110. The van der Waals surface area contributed by atoms with Crippen LogP contribution in [0.5, 0.6) is 0 Å². The predicted octanol–water partition coefficient (Wildman–Crippen LogP) is 4.18. The summed E-state index contributed by atoms with van der Waals surface area (Å²) in [6, 6.07) is 0. The molecule has 0 aromatic rings. The third-order valence-electron chi connectivity index (χ3n) is 7.05. The van der Waals surface area contributed by atoms with E-state index in [-0.39, 0.29) is 37.3 Å². The van der Waals surface area contributed by atoms with Crippen molar-refractivity contribution in [2.24, 2.45) is 10.8 Å². The van der Waals surface area contributed by atoms with Gasteiger partial charge in [-0.15, -0.1) is 0 Å². The van der Waals surface area contributed by atoms with Crippen molar-refractivity contribution in [3.05, 3.63) is 0 Å². The summed E-state index contributed by atoms with van der Waals surface area (Å²) >= 11 is 0. The molecule has 0 aromatic carbocycles. The minimum Gasteiger partial charge on any atom is -0.396 e. The molecule has 0 aromatic heterocycles. The second kappa shape index (κ2) is 13.9. The first-order valence-corrected chi connectivity index (χ1v) is 11.1. The van der Waals surface area contributed by atoms with E-state index in [1.807, 2.05) is 0 Å². The monoisotopic (exact) mass is 372 g/mol. The van der Waals surface area contributed by atoms with E-state index in [2.05, 4.69) is 0 Å². The predicted molar refractivity (Wildman–Crippen MR) is 107 cm³/mol. The van der Waals surface area contributed by atoms with Gasteiger partial charge in [-0.1, -0.05) is 64.2 Å². The molecule has 0 amide bonds. The van der Waals surface area contributed by atoms with Crippen LogP contribution in [0.3, 0.4) is 0 Å². The van der Waals surface area contributed by atoms with Gasteiger partial charge >= 0.3 is 0 Å². The van der Waals surface area contributed by atoms with Gasteiger partial charge in [0.2, 0.25) is 0 Å². The molecule has 0 atom stereocenters. The van der Waals surface area contributed by atoms with Crippen LogP contribution in [0.25, 0.3) is 0 Å². The van der Waals surface area contributed by atoms with Crippen molar-refractivity contribution in [2.75, 3.05) is 26.4 Å². The quantitative estimate of drug-likeness (QED) is 0.515. The van der Waals surface area contributed by atoms with Crippen LogP contribution in [0, 0.1) is 10.8 Å². The molecular formula is C22H44O4. The molecule has 0 heterocycles. The number of rotatable bonds is 8. The first-order chi connectivity index (χ1) is 12.7. The molecule has 1 fully saturated rings. The van der Waals surface area contributed by atoms with Crippen LogP contribution in [-0.2, 0) is 0 Å². The zero-order valence-corrected chi connectivity index (χ0v) is 16.9. The number of aliphatic hydroxyl groups excluding tert-OH is 4. The van der Waals surface area contributed by atoms with E-state index in [1.165, 1.54) is 51.4 Å². The molecule has 0 saturated heterocycles. The Bertz CT molecular complexity index is 288. The summed E-state index contributed by atoms with van der Waals surface area (Å²) in [5.41, 5.74) is -0.377. The van der Waals surface area contributed by atoms with Gasteiger partial charge in [-0.3, -0.25) is 0 Å². The molecule has 26 heavy (non-hydrogen) atoms. The van der Waals surface area contributed by atoms with Crippen molar-refractivity contribution in [3.8, 4) is 0 Å². The van der Waals surface area contributed by atoms with E-state index in [0.29, 0.717) is 25.7 Å². The molecule has 1 aliphatic rings. The van der Waals surface area contributed by atoms with Gasteiger partial charge in [-0.25, -0.2) is 0 Å². The number of aliphatic hydroxyl groups is 4. The van der Waals surface area contributed by atoms with Crippen LogP contribution in [0.2, 0.25) is 0 Å². The van der Waals surface area contributed by atoms with Gasteiger partial charge in [0, 0.05) is 26.4 Å². The lowest BCUT2D eigenvalue weighted by molar-refractivity contribution is -0.0601. The lowest BCUT2D eigenvalue weighted by Gasteiger charge is -2.52. The van der Waals surface area contributed by atoms with Crippen molar-refractivity contribution in [3.63, 3.8) is 0 Å². The molecule has 156 valence electrons. The fourth-order valence-electron chi connectivity index (χ4n) is 5.54. The highest BCUT2D eigenvalue weighted by atomic mass is 16.3. The third-order valence-corrected chi connectivity index (χ3v) is 7.05. The normalized spacial score (nSPS) is 22.6. The molecule has 0 spiro atoms. The Morgan fingerprint density at radius 2 is 0.615 bits per heavy atom. The molecule has 4 heteroatoms. The number of hydrogen-bond donors (Lipinski definition) is 4. The standard InChI is InChI=1S/C22H44O4/c23-17-13-21(14-18-24)11-9-7-5-3-1-2-4-6-8-10-12-22(21,15-19-25)16-20-26/h23-26H,1-20H2. The van der Waals surface area contributed by atoms with Gasteiger partial charge in [-0.05, 0) is 49.4 Å². The van der Waals surface area contributed by atoms with E-state index in [4.69, 9.17) is 0 Å². The van der Waals surface area contributed by atoms with E-state index < -0.39 is 0 Å². The zero-order valence-electron chi connectivity index (χ0n) is 16.9.